The van der Waals surface area contributed by atoms with Crippen LogP contribution in [0.5, 0.6) is 5.75 Å². The zero-order valence-electron chi connectivity index (χ0n) is 15.4. The Labute approximate surface area is 169 Å². The van der Waals surface area contributed by atoms with Crippen molar-refractivity contribution in [2.24, 2.45) is 0 Å². The zero-order chi connectivity index (χ0) is 20.7. The molecule has 0 amide bonds. The van der Waals surface area contributed by atoms with Crippen LogP contribution >= 0.6 is 11.6 Å². The van der Waals surface area contributed by atoms with Gasteiger partial charge in [-0.2, -0.15) is 0 Å². The van der Waals surface area contributed by atoms with E-state index in [0.29, 0.717) is 33.9 Å². The van der Waals surface area contributed by atoms with Gasteiger partial charge in [0.2, 0.25) is 5.89 Å². The van der Waals surface area contributed by atoms with Crippen LogP contribution in [-0.2, 0) is 0 Å². The molecule has 0 fully saturated rings. The van der Waals surface area contributed by atoms with E-state index in [1.165, 1.54) is 12.4 Å². The highest BCUT2D eigenvalue weighted by molar-refractivity contribution is 6.31. The first-order valence-corrected chi connectivity index (χ1v) is 9.00. The minimum atomic E-state index is -0.887. The molecular weight excluding hydrogens is 402 g/mol. The number of ether oxygens (including phenoxy) is 1. The first kappa shape index (κ1) is 19.1. The van der Waals surface area contributed by atoms with Crippen LogP contribution in [0.2, 0.25) is 5.02 Å². The van der Waals surface area contributed by atoms with E-state index in [-0.39, 0.29) is 11.4 Å². The number of hydrogen-bond acceptors (Lipinski definition) is 6. The van der Waals surface area contributed by atoms with Crippen molar-refractivity contribution in [1.29, 1.82) is 0 Å². The number of nitrogens with zero attached hydrogens (tertiary/aromatic N) is 3. The third-order valence-corrected chi connectivity index (χ3v) is 4.74. The van der Waals surface area contributed by atoms with E-state index in [2.05, 4.69) is 15.0 Å². The number of aromatic nitrogens is 3. The topological polar surface area (TPSA) is 87.1 Å². The maximum atomic E-state index is 14.6. The van der Waals surface area contributed by atoms with E-state index >= 15 is 0 Å². The number of rotatable bonds is 4. The van der Waals surface area contributed by atoms with Gasteiger partial charge in [-0.15, -0.1) is 0 Å². The predicted octanol–water partition coefficient (Wildman–Crippen LogP) is 5.25. The average molecular weight is 417 g/mol. The first-order chi connectivity index (χ1) is 13.9. The Balaban J connectivity index is 1.86. The van der Waals surface area contributed by atoms with Crippen molar-refractivity contribution >= 4 is 28.3 Å². The number of fused-ring (bicyclic) bond motifs is 1. The van der Waals surface area contributed by atoms with E-state index in [0.717, 1.165) is 6.07 Å². The van der Waals surface area contributed by atoms with Gasteiger partial charge in [-0.05, 0) is 38.1 Å². The van der Waals surface area contributed by atoms with E-state index in [1.807, 2.05) is 0 Å². The summed E-state index contributed by atoms with van der Waals surface area (Å²) in [6, 6.07) is 5.60. The second-order valence-corrected chi connectivity index (χ2v) is 6.76. The fraction of sp³-hybridized carbons (Fsp3) is 0.150. The van der Waals surface area contributed by atoms with E-state index in [1.54, 1.807) is 32.2 Å². The van der Waals surface area contributed by atoms with E-state index < -0.39 is 22.8 Å². The molecule has 29 heavy (non-hydrogen) atoms. The number of nitrogen functional groups attached to an aromatic ring is 1. The van der Waals surface area contributed by atoms with Crippen LogP contribution in [0, 0.1) is 18.6 Å². The van der Waals surface area contributed by atoms with Crippen LogP contribution in [0.4, 0.5) is 14.6 Å². The van der Waals surface area contributed by atoms with Crippen LogP contribution in [-0.4, -0.2) is 15.0 Å². The van der Waals surface area contributed by atoms with Gasteiger partial charge in [-0.1, -0.05) is 11.6 Å². The van der Waals surface area contributed by atoms with Gasteiger partial charge in [-0.3, -0.25) is 0 Å². The molecule has 6 nitrogen and oxygen atoms in total. The van der Waals surface area contributed by atoms with Gasteiger partial charge in [0.05, 0.1) is 17.1 Å². The first-order valence-electron chi connectivity index (χ1n) is 8.63. The van der Waals surface area contributed by atoms with Gasteiger partial charge >= 0.3 is 0 Å². The average Bonchev–Trinajstić information content (AvgIpc) is 3.14. The summed E-state index contributed by atoms with van der Waals surface area (Å²) in [4.78, 5) is 12.4. The van der Waals surface area contributed by atoms with E-state index in [9.17, 15) is 8.78 Å². The highest BCUT2D eigenvalue weighted by atomic mass is 35.5. The second kappa shape index (κ2) is 7.29. The third kappa shape index (κ3) is 3.36. The highest BCUT2D eigenvalue weighted by Gasteiger charge is 2.21. The van der Waals surface area contributed by atoms with Crippen molar-refractivity contribution in [2.45, 2.75) is 20.0 Å². The predicted molar refractivity (Wildman–Crippen MR) is 105 cm³/mol. The molecule has 0 saturated carbocycles. The Kier molecular flexibility index (Phi) is 4.79. The van der Waals surface area contributed by atoms with Crippen LogP contribution in [0.3, 0.4) is 0 Å². The van der Waals surface area contributed by atoms with Crippen molar-refractivity contribution in [3.63, 3.8) is 0 Å². The molecule has 2 aromatic carbocycles. The molecular formula is C20H15ClF2N4O2. The molecule has 0 saturated heterocycles. The molecule has 0 aliphatic carbocycles. The van der Waals surface area contributed by atoms with Crippen LogP contribution in [0.25, 0.3) is 22.0 Å². The lowest BCUT2D eigenvalue weighted by Gasteiger charge is -2.16. The molecule has 4 aromatic rings. The summed E-state index contributed by atoms with van der Waals surface area (Å²) >= 11 is 5.74. The zero-order valence-corrected chi connectivity index (χ0v) is 16.2. The lowest BCUT2D eigenvalue weighted by atomic mass is 10.0. The Hall–Kier alpha value is -3.26. The summed E-state index contributed by atoms with van der Waals surface area (Å²) in [7, 11) is 0. The van der Waals surface area contributed by atoms with Crippen LogP contribution < -0.4 is 10.5 Å². The number of aryl methyl sites for hydroxylation is 1. The molecule has 2 N–H and O–H groups in total. The molecule has 1 atom stereocenters. The quantitative estimate of drug-likeness (QED) is 0.457. The van der Waals surface area contributed by atoms with Crippen molar-refractivity contribution in [3.05, 3.63) is 65.1 Å². The molecule has 2 heterocycles. The maximum absolute atomic E-state index is 14.6. The molecule has 148 valence electrons. The minimum absolute atomic E-state index is 0.0856. The molecule has 0 radical (unpaired) electrons. The van der Waals surface area contributed by atoms with Crippen molar-refractivity contribution < 1.29 is 17.9 Å². The molecule has 0 aliphatic heterocycles. The number of oxazole rings is 1. The fourth-order valence-corrected chi connectivity index (χ4v) is 3.18. The number of halogens is 3. The van der Waals surface area contributed by atoms with Gasteiger partial charge in [-0.25, -0.2) is 23.7 Å². The normalized spacial score (nSPS) is 12.3. The fourth-order valence-electron chi connectivity index (χ4n) is 3.02. The van der Waals surface area contributed by atoms with Crippen LogP contribution in [0.1, 0.15) is 24.7 Å². The molecule has 0 aliphatic rings. The van der Waals surface area contributed by atoms with Gasteiger partial charge in [0.1, 0.15) is 34.5 Å². The highest BCUT2D eigenvalue weighted by Crippen LogP contribution is 2.39. The molecule has 0 bridgehead atoms. The molecule has 2 aromatic heterocycles. The Morgan fingerprint density at radius 2 is 1.86 bits per heavy atom. The van der Waals surface area contributed by atoms with Gasteiger partial charge < -0.3 is 14.9 Å². The summed E-state index contributed by atoms with van der Waals surface area (Å²) in [6.07, 6.45) is 2.33. The number of hydrogen-bond donors (Lipinski definition) is 1. The maximum Gasteiger partial charge on any atom is 0.235 e. The summed E-state index contributed by atoms with van der Waals surface area (Å²) in [5.41, 5.74) is 6.87. The minimum Gasteiger partial charge on any atom is -0.480 e. The summed E-state index contributed by atoms with van der Waals surface area (Å²) in [6.45, 7) is 3.55. The summed E-state index contributed by atoms with van der Waals surface area (Å²) in [5.74, 6) is -0.160. The second-order valence-electron chi connectivity index (χ2n) is 6.39. The van der Waals surface area contributed by atoms with Crippen molar-refractivity contribution in [3.8, 4) is 16.9 Å². The van der Waals surface area contributed by atoms with Crippen LogP contribution in [0.15, 0.2) is 41.2 Å². The smallest absolute Gasteiger partial charge is 0.235 e. The van der Waals surface area contributed by atoms with Crippen molar-refractivity contribution in [2.75, 3.05) is 5.73 Å². The SMILES string of the molecule is Cc1cnc([C@H](C)Oc2ccc(-c3ccc(F)c(Cl)c3F)c3ncnc(N)c23)o1. The third-order valence-electron chi connectivity index (χ3n) is 4.40. The van der Waals surface area contributed by atoms with Gasteiger partial charge in [0.15, 0.2) is 11.9 Å². The molecule has 0 unspecified atom stereocenters. The monoisotopic (exact) mass is 416 g/mol. The number of nitrogens with two attached hydrogens (primary N) is 1. The summed E-state index contributed by atoms with van der Waals surface area (Å²) in [5, 5.41) is -0.203. The van der Waals surface area contributed by atoms with E-state index in [4.69, 9.17) is 26.5 Å². The van der Waals surface area contributed by atoms with Gasteiger partial charge in [0, 0.05) is 11.1 Å². The number of benzene rings is 2. The number of anilines is 1. The Morgan fingerprint density at radius 3 is 2.59 bits per heavy atom. The molecule has 4 rings (SSSR count). The van der Waals surface area contributed by atoms with Gasteiger partial charge in [0.25, 0.3) is 0 Å². The lowest BCUT2D eigenvalue weighted by molar-refractivity contribution is 0.189. The molecule has 0 spiro atoms. The van der Waals surface area contributed by atoms with Crippen molar-refractivity contribution in [1.82, 2.24) is 15.0 Å². The largest absolute Gasteiger partial charge is 0.480 e. The lowest BCUT2D eigenvalue weighted by Crippen LogP contribution is -2.05. The molecule has 9 heteroatoms. The summed E-state index contributed by atoms with van der Waals surface area (Å²) < 4.78 is 39.7. The standard InChI is InChI=1S/C20H15ClF2N4O2/c1-9-7-25-20(28-9)10(2)29-14-6-4-12(18-15(14)19(24)27-8-26-18)11-3-5-13(22)16(21)17(11)23/h3-8,10H,1-2H3,(H2,24,26,27)/t10-/m0/s1. The Bertz CT molecular complexity index is 1230. The Morgan fingerprint density at radius 1 is 1.10 bits per heavy atom.